The van der Waals surface area contributed by atoms with E-state index >= 15 is 0 Å². The molecule has 0 unspecified atom stereocenters. The van der Waals surface area contributed by atoms with Crippen LogP contribution in [-0.4, -0.2) is 19.6 Å². The first kappa shape index (κ1) is 6.43. The van der Waals surface area contributed by atoms with E-state index in [-0.39, 0.29) is 0 Å². The average Bonchev–Trinajstić information content (AvgIpc) is 2.66. The molecule has 0 spiro atoms. The summed E-state index contributed by atoms with van der Waals surface area (Å²) in [7, 11) is 0. The van der Waals surface area contributed by atoms with Gasteiger partial charge in [-0.15, -0.1) is 5.53 Å². The Morgan fingerprint density at radius 1 is 1.46 bits per heavy atom. The summed E-state index contributed by atoms with van der Waals surface area (Å²) in [5.41, 5.74) is 8.59. The summed E-state index contributed by atoms with van der Waals surface area (Å²) in [5, 5.41) is 0. The molecular formula is C5H5N7O. The van der Waals surface area contributed by atoms with Crippen LogP contribution < -0.4 is 22.2 Å². The molecule has 1 aliphatic heterocycles. The summed E-state index contributed by atoms with van der Waals surface area (Å²) >= 11 is 0. The van der Waals surface area contributed by atoms with E-state index in [0.29, 0.717) is 17.0 Å². The monoisotopic (exact) mass is 179 g/mol. The second kappa shape index (κ2) is 1.98. The Hall–Kier alpha value is -2.09. The van der Waals surface area contributed by atoms with Gasteiger partial charge in [0.05, 0.1) is 6.33 Å². The molecule has 66 valence electrons. The van der Waals surface area contributed by atoms with E-state index in [2.05, 4.69) is 31.4 Å². The number of hydrogen-bond donors (Lipinski definition) is 4. The van der Waals surface area contributed by atoms with Gasteiger partial charge < -0.3 is 4.98 Å². The number of fused-ring (bicyclic) bond motifs is 3. The summed E-state index contributed by atoms with van der Waals surface area (Å²) in [4.78, 5) is 21.8. The highest BCUT2D eigenvalue weighted by Crippen LogP contribution is 2.15. The fourth-order valence-corrected chi connectivity index (χ4v) is 1.26. The number of H-pyrrole nitrogens is 1. The van der Waals surface area contributed by atoms with Gasteiger partial charge in [0.1, 0.15) is 5.52 Å². The highest BCUT2D eigenvalue weighted by atomic mass is 16.2. The van der Waals surface area contributed by atoms with Gasteiger partial charge in [-0.25, -0.2) is 15.3 Å². The Bertz CT molecular complexity index is 525. The summed E-state index contributed by atoms with van der Waals surface area (Å²) in [6.45, 7) is 0. The number of hydrazine groups is 2. The number of hydrogen-bond acceptors (Lipinski definition) is 6. The highest BCUT2D eigenvalue weighted by molar-refractivity contribution is 5.82. The van der Waals surface area contributed by atoms with Crippen LogP contribution in [0.2, 0.25) is 0 Å². The fourth-order valence-electron chi connectivity index (χ4n) is 1.26. The first-order valence-corrected chi connectivity index (χ1v) is 3.59. The third kappa shape index (κ3) is 0.693. The van der Waals surface area contributed by atoms with Crippen LogP contribution in [0.4, 0.5) is 5.82 Å². The standard InChI is InChI=1S/C5H5N7O/c13-5-8-3-2(6-1-7-3)4-9-10-11-12(4)5/h1,9-11H,(H,6,7,8,13). The van der Waals surface area contributed by atoms with E-state index in [1.807, 2.05) is 0 Å². The lowest BCUT2D eigenvalue weighted by molar-refractivity contribution is 0.801. The lowest BCUT2D eigenvalue weighted by Gasteiger charge is -1.97. The smallest absolute Gasteiger partial charge is 0.340 e. The van der Waals surface area contributed by atoms with Crippen molar-refractivity contribution in [2.75, 3.05) is 11.0 Å². The number of imidazole rings is 1. The van der Waals surface area contributed by atoms with E-state index in [0.717, 1.165) is 0 Å². The fraction of sp³-hybridized carbons (Fsp3) is 0. The molecule has 0 bridgehead atoms. The molecular weight excluding hydrogens is 174 g/mol. The maximum atomic E-state index is 11.3. The molecule has 8 nitrogen and oxygen atoms in total. The van der Waals surface area contributed by atoms with Gasteiger partial charge in [-0.3, -0.25) is 5.43 Å². The van der Waals surface area contributed by atoms with Crippen molar-refractivity contribution in [3.8, 4) is 0 Å². The van der Waals surface area contributed by atoms with Crippen LogP contribution in [0.5, 0.6) is 0 Å². The molecule has 4 N–H and O–H groups in total. The second-order valence-corrected chi connectivity index (χ2v) is 2.54. The van der Waals surface area contributed by atoms with Crippen LogP contribution in [0, 0.1) is 0 Å². The van der Waals surface area contributed by atoms with E-state index in [4.69, 9.17) is 0 Å². The lowest BCUT2D eigenvalue weighted by atomic mass is 10.5. The molecule has 2 aromatic rings. The Morgan fingerprint density at radius 3 is 3.31 bits per heavy atom. The molecule has 0 aromatic carbocycles. The number of nitrogens with one attached hydrogen (secondary N) is 4. The molecule has 0 amide bonds. The summed E-state index contributed by atoms with van der Waals surface area (Å²) in [6.07, 6.45) is 1.48. The van der Waals surface area contributed by atoms with E-state index in [1.165, 1.54) is 11.0 Å². The van der Waals surface area contributed by atoms with Gasteiger partial charge in [0, 0.05) is 0 Å². The molecule has 3 rings (SSSR count). The minimum absolute atomic E-state index is 0.397. The van der Waals surface area contributed by atoms with Crippen molar-refractivity contribution in [1.82, 2.24) is 25.2 Å². The minimum Gasteiger partial charge on any atom is -0.340 e. The molecule has 13 heavy (non-hydrogen) atoms. The first-order chi connectivity index (χ1) is 6.36. The zero-order valence-electron chi connectivity index (χ0n) is 6.33. The van der Waals surface area contributed by atoms with Gasteiger partial charge >= 0.3 is 5.69 Å². The van der Waals surface area contributed by atoms with Crippen molar-refractivity contribution in [3.63, 3.8) is 0 Å². The largest absolute Gasteiger partial charge is 0.371 e. The van der Waals surface area contributed by atoms with Crippen LogP contribution in [0.25, 0.3) is 11.2 Å². The van der Waals surface area contributed by atoms with Crippen LogP contribution in [0.15, 0.2) is 11.1 Å². The Kier molecular flexibility index (Phi) is 0.981. The van der Waals surface area contributed by atoms with Gasteiger partial charge in [0.25, 0.3) is 0 Å². The normalized spacial score (nSPS) is 13.8. The maximum Gasteiger partial charge on any atom is 0.371 e. The predicted molar refractivity (Wildman–Crippen MR) is 44.3 cm³/mol. The number of rotatable bonds is 0. The maximum absolute atomic E-state index is 11.3. The molecule has 0 radical (unpaired) electrons. The van der Waals surface area contributed by atoms with E-state index < -0.39 is 5.69 Å². The predicted octanol–water partition coefficient (Wildman–Crippen LogP) is -1.49. The quantitative estimate of drug-likeness (QED) is 0.393. The minimum atomic E-state index is -0.410. The van der Waals surface area contributed by atoms with Crippen molar-refractivity contribution in [1.29, 1.82) is 0 Å². The number of aromatic nitrogens is 4. The van der Waals surface area contributed by atoms with Crippen molar-refractivity contribution in [2.45, 2.75) is 0 Å². The Balaban J connectivity index is 2.55. The SMILES string of the molecule is O=c1nc2nc[nH]c2c2n1NNN2. The summed E-state index contributed by atoms with van der Waals surface area (Å²) < 4.78 is 1.25. The van der Waals surface area contributed by atoms with Crippen molar-refractivity contribution in [2.24, 2.45) is 0 Å². The van der Waals surface area contributed by atoms with Crippen molar-refractivity contribution >= 4 is 17.0 Å². The van der Waals surface area contributed by atoms with Crippen molar-refractivity contribution in [3.05, 3.63) is 16.8 Å². The third-order valence-electron chi connectivity index (χ3n) is 1.82. The van der Waals surface area contributed by atoms with Crippen LogP contribution in [0.1, 0.15) is 0 Å². The summed E-state index contributed by atoms with van der Waals surface area (Å²) in [5.74, 6) is 0.576. The van der Waals surface area contributed by atoms with Gasteiger partial charge in [-0.05, 0) is 0 Å². The highest BCUT2D eigenvalue weighted by Gasteiger charge is 2.16. The second-order valence-electron chi connectivity index (χ2n) is 2.54. The van der Waals surface area contributed by atoms with Crippen LogP contribution in [-0.2, 0) is 0 Å². The third-order valence-corrected chi connectivity index (χ3v) is 1.82. The van der Waals surface area contributed by atoms with Crippen LogP contribution >= 0.6 is 0 Å². The van der Waals surface area contributed by atoms with E-state index in [9.17, 15) is 4.79 Å². The molecule has 0 atom stereocenters. The molecule has 3 heterocycles. The van der Waals surface area contributed by atoms with Gasteiger partial charge in [0.2, 0.25) is 0 Å². The topological polar surface area (TPSA) is 99.7 Å². The molecule has 0 saturated carbocycles. The number of aromatic amines is 1. The molecule has 0 fully saturated rings. The van der Waals surface area contributed by atoms with Crippen LogP contribution in [0.3, 0.4) is 0 Å². The zero-order valence-corrected chi connectivity index (χ0v) is 6.33. The first-order valence-electron chi connectivity index (χ1n) is 3.59. The zero-order chi connectivity index (χ0) is 8.84. The molecule has 0 aliphatic carbocycles. The van der Waals surface area contributed by atoms with Gasteiger partial charge in [0.15, 0.2) is 11.5 Å². The van der Waals surface area contributed by atoms with Gasteiger partial charge in [-0.1, -0.05) is 0 Å². The van der Waals surface area contributed by atoms with Crippen molar-refractivity contribution < 1.29 is 0 Å². The molecule has 1 aliphatic rings. The molecule has 0 saturated heterocycles. The summed E-state index contributed by atoms with van der Waals surface area (Å²) in [6, 6.07) is 0. The number of nitrogens with zero attached hydrogens (tertiary/aromatic N) is 3. The Labute approximate surface area is 70.9 Å². The molecule has 8 heteroatoms. The average molecular weight is 179 g/mol. The number of anilines is 1. The van der Waals surface area contributed by atoms with E-state index in [1.54, 1.807) is 0 Å². The molecule has 2 aromatic heterocycles. The lowest BCUT2D eigenvalue weighted by Crippen LogP contribution is -2.31. The Morgan fingerprint density at radius 2 is 2.38 bits per heavy atom. The van der Waals surface area contributed by atoms with Gasteiger partial charge in [-0.2, -0.15) is 9.66 Å².